The van der Waals surface area contributed by atoms with Crippen molar-refractivity contribution in [2.75, 3.05) is 0 Å². The van der Waals surface area contributed by atoms with Crippen LogP contribution in [0.4, 0.5) is 13.2 Å². The maximum absolute atomic E-state index is 12.4. The number of benzene rings is 1. The van der Waals surface area contributed by atoms with Gasteiger partial charge >= 0.3 is 6.18 Å². The average molecular weight is 298 g/mol. The topological polar surface area (TPSA) is 48.1 Å². The molecule has 20 heavy (non-hydrogen) atoms. The van der Waals surface area contributed by atoms with Crippen LogP contribution in [0.2, 0.25) is 0 Å². The molecule has 1 heterocycles. The van der Waals surface area contributed by atoms with Crippen molar-refractivity contribution in [2.45, 2.75) is 6.18 Å². The van der Waals surface area contributed by atoms with Crippen LogP contribution in [0.25, 0.3) is 0 Å². The predicted molar refractivity (Wildman–Crippen MR) is 71.6 cm³/mol. The summed E-state index contributed by atoms with van der Waals surface area (Å²) in [5.41, 5.74) is 5.02. The third-order valence-electron chi connectivity index (χ3n) is 2.41. The molecular formula is C13H9F3N2OS. The Morgan fingerprint density at radius 2 is 1.80 bits per heavy atom. The van der Waals surface area contributed by atoms with E-state index in [0.717, 1.165) is 12.1 Å². The van der Waals surface area contributed by atoms with Crippen LogP contribution in [0.1, 0.15) is 11.3 Å². The van der Waals surface area contributed by atoms with Crippen LogP contribution in [0.3, 0.4) is 0 Å². The zero-order chi connectivity index (χ0) is 14.8. The highest BCUT2D eigenvalue weighted by atomic mass is 32.1. The van der Waals surface area contributed by atoms with Crippen LogP contribution in [-0.4, -0.2) is 9.97 Å². The van der Waals surface area contributed by atoms with Gasteiger partial charge in [0.15, 0.2) is 5.75 Å². The molecule has 0 saturated heterocycles. The van der Waals surface area contributed by atoms with E-state index in [9.17, 15) is 13.2 Å². The Morgan fingerprint density at radius 3 is 2.35 bits per heavy atom. The van der Waals surface area contributed by atoms with Crippen LogP contribution in [0, 0.1) is 0 Å². The maximum atomic E-state index is 12.4. The molecular weight excluding hydrogens is 289 g/mol. The Labute approximate surface area is 118 Å². The van der Waals surface area contributed by atoms with Gasteiger partial charge in [-0.1, -0.05) is 12.2 Å². The molecule has 2 rings (SSSR count). The van der Waals surface area contributed by atoms with Gasteiger partial charge in [0.2, 0.25) is 0 Å². The first-order chi connectivity index (χ1) is 9.38. The Morgan fingerprint density at radius 1 is 1.15 bits per heavy atom. The summed E-state index contributed by atoms with van der Waals surface area (Å²) in [7, 11) is 0. The van der Waals surface area contributed by atoms with Gasteiger partial charge in [0.1, 0.15) is 16.4 Å². The summed E-state index contributed by atoms with van der Waals surface area (Å²) in [5, 5.41) is 0. The molecule has 0 aliphatic carbocycles. The number of halogens is 3. The van der Waals surface area contributed by atoms with Gasteiger partial charge in [-0.3, -0.25) is 0 Å². The molecule has 0 bridgehead atoms. The Kier molecular flexibility index (Phi) is 3.89. The van der Waals surface area contributed by atoms with E-state index in [1.54, 1.807) is 12.1 Å². The van der Waals surface area contributed by atoms with E-state index in [2.05, 4.69) is 4.98 Å². The Balaban J connectivity index is 2.25. The number of nitrogens with two attached hydrogens (primary N) is 1. The summed E-state index contributed by atoms with van der Waals surface area (Å²) in [5.74, 6) is 0.531. The Bertz CT molecular complexity index is 626. The minimum absolute atomic E-state index is 0.0486. The smallest absolute Gasteiger partial charge is 0.416 e. The van der Waals surface area contributed by atoms with Gasteiger partial charge in [-0.25, -0.2) is 4.98 Å². The minimum atomic E-state index is -4.38. The molecule has 0 aliphatic heterocycles. The molecule has 1 aromatic heterocycles. The second-order valence-corrected chi connectivity index (χ2v) is 4.28. The molecule has 0 unspecified atom stereocenters. The average Bonchev–Trinajstić information content (AvgIpc) is 2.38. The fourth-order valence-corrected chi connectivity index (χ4v) is 1.65. The molecule has 2 aromatic rings. The van der Waals surface area contributed by atoms with Crippen molar-refractivity contribution in [1.29, 1.82) is 0 Å². The van der Waals surface area contributed by atoms with Crippen LogP contribution >= 0.6 is 12.2 Å². The number of thiocarbonyl (C=S) groups is 1. The number of hydrogen-bond donors (Lipinski definition) is 1. The summed E-state index contributed by atoms with van der Waals surface area (Å²) >= 11 is 4.82. The van der Waals surface area contributed by atoms with Gasteiger partial charge in [0, 0.05) is 6.20 Å². The summed E-state index contributed by atoms with van der Waals surface area (Å²) in [6.45, 7) is 0. The normalized spacial score (nSPS) is 11.2. The number of alkyl halides is 3. The van der Waals surface area contributed by atoms with Crippen molar-refractivity contribution >= 4 is 17.2 Å². The lowest BCUT2D eigenvalue weighted by atomic mass is 10.2. The van der Waals surface area contributed by atoms with Gasteiger partial charge < -0.3 is 10.5 Å². The van der Waals surface area contributed by atoms with E-state index < -0.39 is 11.7 Å². The van der Waals surface area contributed by atoms with Crippen LogP contribution < -0.4 is 10.5 Å². The summed E-state index contributed by atoms with van der Waals surface area (Å²) < 4.78 is 42.7. The van der Waals surface area contributed by atoms with Crippen molar-refractivity contribution in [3.8, 4) is 11.5 Å². The molecule has 1 aromatic carbocycles. The quantitative estimate of drug-likeness (QED) is 0.881. The van der Waals surface area contributed by atoms with E-state index >= 15 is 0 Å². The molecule has 0 radical (unpaired) electrons. The number of nitrogens with zero attached hydrogens (tertiary/aromatic N) is 1. The van der Waals surface area contributed by atoms with E-state index in [1.165, 1.54) is 18.3 Å². The third kappa shape index (κ3) is 3.24. The zero-order valence-electron chi connectivity index (χ0n) is 10.0. The second kappa shape index (κ2) is 5.46. The number of aromatic nitrogens is 1. The lowest BCUT2D eigenvalue weighted by Crippen LogP contribution is -2.12. The molecule has 3 nitrogen and oxygen atoms in total. The number of rotatable bonds is 3. The van der Waals surface area contributed by atoms with Crippen molar-refractivity contribution in [2.24, 2.45) is 5.73 Å². The summed E-state index contributed by atoms with van der Waals surface area (Å²) in [4.78, 5) is 4.01. The van der Waals surface area contributed by atoms with Crippen molar-refractivity contribution in [3.63, 3.8) is 0 Å². The van der Waals surface area contributed by atoms with Gasteiger partial charge in [-0.2, -0.15) is 13.2 Å². The predicted octanol–water partition coefficient (Wildman–Crippen LogP) is 3.53. The number of pyridine rings is 1. The maximum Gasteiger partial charge on any atom is 0.416 e. The standard InChI is InChI=1S/C13H9F3N2OS/c14-13(15,16)8-3-5-9(6-4-8)19-10-2-1-7-18-11(10)12(17)20/h1-7H,(H2,17,20). The highest BCUT2D eigenvalue weighted by molar-refractivity contribution is 7.80. The minimum Gasteiger partial charge on any atom is -0.455 e. The molecule has 0 amide bonds. The fourth-order valence-electron chi connectivity index (χ4n) is 1.50. The van der Waals surface area contributed by atoms with Gasteiger partial charge in [0.25, 0.3) is 0 Å². The first-order valence-corrected chi connectivity index (χ1v) is 5.88. The lowest BCUT2D eigenvalue weighted by molar-refractivity contribution is -0.137. The Hall–Kier alpha value is -2.15. The molecule has 7 heteroatoms. The van der Waals surface area contributed by atoms with Crippen LogP contribution in [0.5, 0.6) is 11.5 Å². The monoisotopic (exact) mass is 298 g/mol. The van der Waals surface area contributed by atoms with Gasteiger partial charge in [-0.05, 0) is 36.4 Å². The van der Waals surface area contributed by atoms with Crippen molar-refractivity contribution in [3.05, 3.63) is 53.9 Å². The summed E-state index contributed by atoms with van der Waals surface area (Å²) in [6, 6.07) is 7.51. The largest absolute Gasteiger partial charge is 0.455 e. The first kappa shape index (κ1) is 14.3. The number of ether oxygens (including phenoxy) is 1. The highest BCUT2D eigenvalue weighted by Gasteiger charge is 2.30. The highest BCUT2D eigenvalue weighted by Crippen LogP contribution is 2.31. The van der Waals surface area contributed by atoms with Crippen LogP contribution in [0.15, 0.2) is 42.6 Å². The van der Waals surface area contributed by atoms with E-state index in [1.807, 2.05) is 0 Å². The third-order valence-corrected chi connectivity index (χ3v) is 2.61. The van der Waals surface area contributed by atoms with Gasteiger partial charge in [-0.15, -0.1) is 0 Å². The first-order valence-electron chi connectivity index (χ1n) is 5.48. The molecule has 0 saturated carbocycles. The fraction of sp³-hybridized carbons (Fsp3) is 0.0769. The molecule has 0 aliphatic rings. The molecule has 104 valence electrons. The summed E-state index contributed by atoms with van der Waals surface area (Å²) in [6.07, 6.45) is -2.88. The molecule has 2 N–H and O–H groups in total. The van der Waals surface area contributed by atoms with Crippen LogP contribution in [-0.2, 0) is 6.18 Å². The molecule has 0 spiro atoms. The molecule has 0 atom stereocenters. The van der Waals surface area contributed by atoms with E-state index in [0.29, 0.717) is 5.75 Å². The van der Waals surface area contributed by atoms with E-state index in [-0.39, 0.29) is 16.4 Å². The van der Waals surface area contributed by atoms with Crippen molar-refractivity contribution in [1.82, 2.24) is 4.98 Å². The second-order valence-electron chi connectivity index (χ2n) is 3.84. The zero-order valence-corrected chi connectivity index (χ0v) is 10.8. The molecule has 0 fully saturated rings. The van der Waals surface area contributed by atoms with Crippen molar-refractivity contribution < 1.29 is 17.9 Å². The SMILES string of the molecule is NC(=S)c1ncccc1Oc1ccc(C(F)(F)F)cc1. The van der Waals surface area contributed by atoms with E-state index in [4.69, 9.17) is 22.7 Å². The number of hydrogen-bond acceptors (Lipinski definition) is 3. The lowest BCUT2D eigenvalue weighted by Gasteiger charge is -2.10. The van der Waals surface area contributed by atoms with Gasteiger partial charge in [0.05, 0.1) is 5.56 Å².